The van der Waals surface area contributed by atoms with Crippen LogP contribution in [0.2, 0.25) is 0 Å². The highest BCUT2D eigenvalue weighted by molar-refractivity contribution is 5.82. The molecule has 2 aliphatic rings. The van der Waals surface area contributed by atoms with Crippen LogP contribution < -0.4 is 15.0 Å². The molecule has 5 rings (SSSR count). The van der Waals surface area contributed by atoms with E-state index in [9.17, 15) is 4.79 Å². The number of nitrogens with zero attached hydrogens (tertiary/aromatic N) is 3. The van der Waals surface area contributed by atoms with Crippen LogP contribution in [0.4, 0.5) is 0 Å². The molecule has 161 valence electrons. The SMILES string of the molecule is Cn1c(=O)ccc2cccc(CCN3CC[CH]CC3Cc3cc4c(cn3)OCCO4)c21. The number of aromatic nitrogens is 2. The van der Waals surface area contributed by atoms with Crippen LogP contribution in [-0.4, -0.2) is 46.8 Å². The zero-order chi connectivity index (χ0) is 21.2. The van der Waals surface area contributed by atoms with Gasteiger partial charge in [0, 0.05) is 43.9 Å². The average Bonchev–Trinajstić information content (AvgIpc) is 2.81. The molecule has 0 saturated carbocycles. The fourth-order valence-electron chi connectivity index (χ4n) is 4.75. The van der Waals surface area contributed by atoms with Crippen LogP contribution in [0.5, 0.6) is 11.5 Å². The minimum atomic E-state index is 0.0371. The van der Waals surface area contributed by atoms with E-state index in [4.69, 9.17) is 9.47 Å². The summed E-state index contributed by atoms with van der Waals surface area (Å²) in [5.74, 6) is 1.54. The van der Waals surface area contributed by atoms with Crippen molar-refractivity contribution in [3.05, 3.63) is 70.6 Å². The van der Waals surface area contributed by atoms with Crippen molar-refractivity contribution in [2.24, 2.45) is 7.05 Å². The highest BCUT2D eigenvalue weighted by Gasteiger charge is 2.24. The zero-order valence-electron chi connectivity index (χ0n) is 17.9. The Labute approximate surface area is 182 Å². The van der Waals surface area contributed by atoms with E-state index in [0.29, 0.717) is 19.3 Å². The van der Waals surface area contributed by atoms with Crippen molar-refractivity contribution < 1.29 is 9.47 Å². The molecule has 1 radical (unpaired) electrons. The number of hydrogen-bond donors (Lipinski definition) is 0. The van der Waals surface area contributed by atoms with Crippen LogP contribution in [0.25, 0.3) is 10.9 Å². The Hall–Kier alpha value is -2.86. The van der Waals surface area contributed by atoms with Crippen molar-refractivity contribution in [1.29, 1.82) is 0 Å². The van der Waals surface area contributed by atoms with Gasteiger partial charge in [-0.2, -0.15) is 0 Å². The summed E-state index contributed by atoms with van der Waals surface area (Å²) in [5.41, 5.74) is 3.35. The van der Waals surface area contributed by atoms with Crippen LogP contribution in [0.15, 0.2) is 47.4 Å². The third-order valence-corrected chi connectivity index (χ3v) is 6.40. The number of hydrogen-bond acceptors (Lipinski definition) is 5. The van der Waals surface area contributed by atoms with E-state index < -0.39 is 0 Å². The molecule has 0 aliphatic carbocycles. The summed E-state index contributed by atoms with van der Waals surface area (Å²) in [4.78, 5) is 19.4. The highest BCUT2D eigenvalue weighted by atomic mass is 16.6. The molecule has 4 heterocycles. The van der Waals surface area contributed by atoms with E-state index in [0.717, 1.165) is 66.9 Å². The first-order valence-electron chi connectivity index (χ1n) is 11.1. The number of likely N-dealkylation sites (tertiary alicyclic amines) is 1. The maximum absolute atomic E-state index is 12.2. The smallest absolute Gasteiger partial charge is 0.250 e. The van der Waals surface area contributed by atoms with Crippen molar-refractivity contribution in [2.75, 3.05) is 26.3 Å². The monoisotopic (exact) mass is 418 g/mol. The molecule has 0 bridgehead atoms. The van der Waals surface area contributed by atoms with Crippen molar-refractivity contribution in [2.45, 2.75) is 31.7 Å². The first-order chi connectivity index (χ1) is 15.2. The summed E-state index contributed by atoms with van der Waals surface area (Å²) in [5, 5.41) is 1.11. The Balaban J connectivity index is 1.32. The lowest BCUT2D eigenvalue weighted by Gasteiger charge is -2.35. The van der Waals surface area contributed by atoms with E-state index in [1.807, 2.05) is 19.2 Å². The van der Waals surface area contributed by atoms with Crippen molar-refractivity contribution in [1.82, 2.24) is 14.5 Å². The number of fused-ring (bicyclic) bond motifs is 2. The first-order valence-corrected chi connectivity index (χ1v) is 11.1. The zero-order valence-corrected chi connectivity index (χ0v) is 17.9. The second-order valence-electron chi connectivity index (χ2n) is 8.36. The molecular weight excluding hydrogens is 390 g/mol. The molecule has 1 fully saturated rings. The Bertz CT molecular complexity index is 1140. The van der Waals surface area contributed by atoms with Gasteiger partial charge in [-0.1, -0.05) is 18.2 Å². The maximum Gasteiger partial charge on any atom is 0.250 e. The van der Waals surface area contributed by atoms with Gasteiger partial charge in [-0.15, -0.1) is 0 Å². The van der Waals surface area contributed by atoms with Crippen LogP contribution in [0.3, 0.4) is 0 Å². The Morgan fingerprint density at radius 3 is 2.90 bits per heavy atom. The predicted molar refractivity (Wildman–Crippen MR) is 121 cm³/mol. The van der Waals surface area contributed by atoms with Gasteiger partial charge in [-0.3, -0.25) is 14.7 Å². The highest BCUT2D eigenvalue weighted by Crippen LogP contribution is 2.30. The Morgan fingerprint density at radius 2 is 2.00 bits per heavy atom. The van der Waals surface area contributed by atoms with Gasteiger partial charge < -0.3 is 14.0 Å². The number of aryl methyl sites for hydroxylation is 1. The van der Waals surface area contributed by atoms with Gasteiger partial charge >= 0.3 is 0 Å². The van der Waals surface area contributed by atoms with Crippen molar-refractivity contribution >= 4 is 10.9 Å². The molecule has 2 aromatic heterocycles. The molecule has 1 atom stereocenters. The molecule has 0 amide bonds. The van der Waals surface area contributed by atoms with Crippen LogP contribution >= 0.6 is 0 Å². The third-order valence-electron chi connectivity index (χ3n) is 6.40. The number of benzene rings is 1. The molecule has 2 aliphatic heterocycles. The van der Waals surface area contributed by atoms with Crippen LogP contribution in [0.1, 0.15) is 24.1 Å². The topological polar surface area (TPSA) is 56.6 Å². The summed E-state index contributed by atoms with van der Waals surface area (Å²) >= 11 is 0. The fourth-order valence-corrected chi connectivity index (χ4v) is 4.75. The van der Waals surface area contributed by atoms with Gasteiger partial charge in [0.2, 0.25) is 0 Å². The quantitative estimate of drug-likeness (QED) is 0.637. The molecule has 0 N–H and O–H groups in total. The minimum Gasteiger partial charge on any atom is -0.486 e. The molecule has 6 nitrogen and oxygen atoms in total. The number of rotatable bonds is 5. The summed E-state index contributed by atoms with van der Waals surface area (Å²) in [6.07, 6.45) is 8.15. The molecule has 3 aromatic rings. The summed E-state index contributed by atoms with van der Waals surface area (Å²) in [6.45, 7) is 3.19. The van der Waals surface area contributed by atoms with Crippen LogP contribution in [-0.2, 0) is 19.9 Å². The van der Waals surface area contributed by atoms with Gasteiger partial charge in [0.05, 0.1) is 11.7 Å². The average molecular weight is 419 g/mol. The first kappa shape index (κ1) is 20.1. The van der Waals surface area contributed by atoms with Crippen molar-refractivity contribution in [3.8, 4) is 11.5 Å². The third kappa shape index (κ3) is 4.17. The fraction of sp³-hybridized carbons (Fsp3) is 0.400. The lowest BCUT2D eigenvalue weighted by molar-refractivity contribution is 0.166. The number of piperidine rings is 1. The number of pyridine rings is 2. The van der Waals surface area contributed by atoms with Crippen LogP contribution in [0, 0.1) is 6.42 Å². The van der Waals surface area contributed by atoms with Gasteiger partial charge in [0.1, 0.15) is 13.2 Å². The molecule has 6 heteroatoms. The van der Waals surface area contributed by atoms with Gasteiger partial charge in [-0.05, 0) is 49.2 Å². The maximum atomic E-state index is 12.2. The van der Waals surface area contributed by atoms with Gasteiger partial charge in [0.15, 0.2) is 11.5 Å². The van der Waals surface area contributed by atoms with E-state index in [1.54, 1.807) is 16.8 Å². The van der Waals surface area contributed by atoms with Gasteiger partial charge in [-0.25, -0.2) is 0 Å². The normalized spacial score (nSPS) is 18.9. The van der Waals surface area contributed by atoms with Crippen molar-refractivity contribution in [3.63, 3.8) is 0 Å². The Morgan fingerprint density at radius 1 is 1.13 bits per heavy atom. The molecule has 1 unspecified atom stereocenters. The predicted octanol–water partition coefficient (Wildman–Crippen LogP) is 3.16. The molecule has 31 heavy (non-hydrogen) atoms. The van der Waals surface area contributed by atoms with E-state index >= 15 is 0 Å². The summed E-state index contributed by atoms with van der Waals surface area (Å²) in [7, 11) is 1.86. The second-order valence-corrected chi connectivity index (χ2v) is 8.36. The summed E-state index contributed by atoms with van der Waals surface area (Å²) in [6, 6.07) is 12.3. The van der Waals surface area contributed by atoms with E-state index in [1.165, 1.54) is 5.56 Å². The lowest BCUT2D eigenvalue weighted by atomic mass is 9.96. The minimum absolute atomic E-state index is 0.0371. The van der Waals surface area contributed by atoms with E-state index in [2.05, 4.69) is 34.5 Å². The van der Waals surface area contributed by atoms with Gasteiger partial charge in [0.25, 0.3) is 5.56 Å². The summed E-state index contributed by atoms with van der Waals surface area (Å²) < 4.78 is 13.1. The second kappa shape index (κ2) is 8.71. The Kier molecular flexibility index (Phi) is 5.64. The molecule has 0 spiro atoms. The molecule has 1 aromatic carbocycles. The number of ether oxygens (including phenoxy) is 2. The largest absolute Gasteiger partial charge is 0.486 e. The number of para-hydroxylation sites is 1. The van der Waals surface area contributed by atoms with E-state index in [-0.39, 0.29) is 5.56 Å². The molecule has 1 saturated heterocycles. The lowest BCUT2D eigenvalue weighted by Crippen LogP contribution is -2.42. The standard InChI is InChI=1S/C25H28N3O3/c1-27-24(29)9-8-18-5-4-6-19(25(18)27)10-12-28-11-3-2-7-21(28)15-20-16-22-23(17-26-20)31-14-13-30-22/h2,4-6,8-9,16-17,21H,3,7,10-15H2,1H3. The molecular formula is C25H28N3O3.